The van der Waals surface area contributed by atoms with Gasteiger partial charge in [0.15, 0.2) is 0 Å². The number of allylic oxidation sites excluding steroid dienone is 18. The fraction of sp³-hybridized carbons (Fsp3) is 0.216. The first kappa shape index (κ1) is 40.2. The van der Waals surface area contributed by atoms with Crippen molar-refractivity contribution >= 4 is 32.7 Å². The molecule has 262 valence electrons. The zero-order chi connectivity index (χ0) is 37.2. The van der Waals surface area contributed by atoms with Gasteiger partial charge in [-0.05, 0) is 129 Å². The minimum atomic E-state index is 0.770. The van der Waals surface area contributed by atoms with Gasteiger partial charge < -0.3 is 0 Å². The topological polar surface area (TPSA) is 0 Å². The summed E-state index contributed by atoms with van der Waals surface area (Å²) in [6.45, 7) is 24.9. The van der Waals surface area contributed by atoms with Crippen molar-refractivity contribution in [1.29, 1.82) is 0 Å². The number of hydrogen-bond acceptors (Lipinski definition) is 0. The summed E-state index contributed by atoms with van der Waals surface area (Å²) in [6.07, 6.45) is 24.7. The van der Waals surface area contributed by atoms with Crippen molar-refractivity contribution < 1.29 is 0 Å². The Kier molecular flexibility index (Phi) is 16.7. The van der Waals surface area contributed by atoms with Crippen molar-refractivity contribution in [2.24, 2.45) is 0 Å². The first-order chi connectivity index (χ1) is 25.0. The molecule has 0 amide bonds. The minimum Gasteiger partial charge on any atom is -0.0985 e. The molecular weight excluding hydrogens is 613 g/mol. The van der Waals surface area contributed by atoms with Gasteiger partial charge in [-0.2, -0.15) is 0 Å². The predicted octanol–water partition coefficient (Wildman–Crippen LogP) is 15.7. The molecule has 0 nitrogen and oxygen atoms in total. The molecule has 5 rings (SSSR count). The Balaban J connectivity index is 0.00000169. The van der Waals surface area contributed by atoms with Crippen LogP contribution in [0, 0.1) is 0 Å². The average Bonchev–Trinajstić information content (AvgIpc) is 3.18. The second kappa shape index (κ2) is 21.1. The molecule has 0 spiro atoms. The van der Waals surface area contributed by atoms with Gasteiger partial charge in [-0.1, -0.05) is 181 Å². The Labute approximate surface area is 309 Å². The Morgan fingerprint density at radius 2 is 1.24 bits per heavy atom. The van der Waals surface area contributed by atoms with Crippen LogP contribution in [-0.4, -0.2) is 0 Å². The van der Waals surface area contributed by atoms with E-state index in [4.69, 9.17) is 0 Å². The second-order valence-corrected chi connectivity index (χ2v) is 11.9. The summed E-state index contributed by atoms with van der Waals surface area (Å²) >= 11 is 0. The second-order valence-electron chi connectivity index (χ2n) is 11.9. The molecule has 0 atom stereocenters. The summed E-state index contributed by atoms with van der Waals surface area (Å²) in [7, 11) is 0. The van der Waals surface area contributed by atoms with Crippen molar-refractivity contribution in [2.45, 2.75) is 74.7 Å². The third-order valence-electron chi connectivity index (χ3n) is 8.94. The predicted molar refractivity (Wildman–Crippen MR) is 232 cm³/mol. The monoisotopic (exact) mass is 670 g/mol. The van der Waals surface area contributed by atoms with E-state index < -0.39 is 0 Å². The van der Waals surface area contributed by atoms with Gasteiger partial charge in [0.25, 0.3) is 0 Å². The zero-order valence-electron chi connectivity index (χ0n) is 32.4. The fourth-order valence-corrected chi connectivity index (χ4v) is 6.51. The first-order valence-corrected chi connectivity index (χ1v) is 18.8. The molecular formula is C51H58. The van der Waals surface area contributed by atoms with Crippen LogP contribution in [0.1, 0.15) is 85.8 Å². The summed E-state index contributed by atoms with van der Waals surface area (Å²) in [5.41, 5.74) is 12.2. The van der Waals surface area contributed by atoms with Crippen LogP contribution in [0.5, 0.6) is 0 Å². The van der Waals surface area contributed by atoms with Crippen LogP contribution in [0.15, 0.2) is 192 Å². The maximum Gasteiger partial charge on any atom is -0.00761 e. The molecule has 1 aliphatic carbocycles. The largest absolute Gasteiger partial charge is 0.0985 e. The number of fused-ring (bicyclic) bond motifs is 2. The number of rotatable bonds is 9. The lowest BCUT2D eigenvalue weighted by Crippen LogP contribution is -2.01. The standard InChI is InChI=1S/C47H46.2C2H6/c1-7-17-36(11-5)37-23-16-24-44(42-27-25-38-19-12-14-21-40(38)32-42)47(31-34(6)35(9-3)10-4)46(18-8-2)45(30-29-37)43-28-26-39-20-13-15-22-41(39)33-43;2*1-2/h8-23,25-29,31-33H,3,5,7,24,30H2,1-2,4,6H3;2*1-2H3/b18-8-,23-16-,34-31+,35-10+,36-17+,37-29+,46-45+,47-44+;;. The first-order valence-electron chi connectivity index (χ1n) is 18.8. The van der Waals surface area contributed by atoms with Crippen LogP contribution in [0.3, 0.4) is 0 Å². The third kappa shape index (κ3) is 10.2. The van der Waals surface area contributed by atoms with Crippen molar-refractivity contribution in [3.63, 3.8) is 0 Å². The van der Waals surface area contributed by atoms with E-state index in [0.29, 0.717) is 0 Å². The maximum atomic E-state index is 4.18. The van der Waals surface area contributed by atoms with Gasteiger partial charge in [0.2, 0.25) is 0 Å². The summed E-state index contributed by atoms with van der Waals surface area (Å²) in [6, 6.07) is 31.0. The molecule has 51 heavy (non-hydrogen) atoms. The van der Waals surface area contributed by atoms with Gasteiger partial charge in [-0.15, -0.1) is 0 Å². The van der Waals surface area contributed by atoms with E-state index in [1.165, 1.54) is 71.7 Å². The lowest BCUT2D eigenvalue weighted by molar-refractivity contribution is 1.20. The van der Waals surface area contributed by atoms with E-state index >= 15 is 0 Å². The van der Waals surface area contributed by atoms with Crippen molar-refractivity contribution in [1.82, 2.24) is 0 Å². The van der Waals surface area contributed by atoms with Gasteiger partial charge >= 0.3 is 0 Å². The summed E-state index contributed by atoms with van der Waals surface area (Å²) in [5.74, 6) is 0. The highest BCUT2D eigenvalue weighted by Gasteiger charge is 2.18. The quantitative estimate of drug-likeness (QED) is 0.156. The van der Waals surface area contributed by atoms with Gasteiger partial charge in [0.05, 0.1) is 0 Å². The highest BCUT2D eigenvalue weighted by atomic mass is 14.2. The molecule has 0 radical (unpaired) electrons. The SMILES string of the molecule is C=CC(=C\C)/C(C)=C/C1=C(\c2ccc3ccccc3c2)C\C=C/C(C(/C=C)=C/CC)=C\C/C(c2ccc3ccccc3c2)=C1/C=C\C.CC.CC. The lowest BCUT2D eigenvalue weighted by Gasteiger charge is -2.21. The van der Waals surface area contributed by atoms with Crippen LogP contribution in [0.2, 0.25) is 0 Å². The van der Waals surface area contributed by atoms with E-state index in [9.17, 15) is 0 Å². The average molecular weight is 671 g/mol. The smallest absolute Gasteiger partial charge is 0.00761 e. The molecule has 1 aliphatic rings. The van der Waals surface area contributed by atoms with E-state index in [1.54, 1.807) is 0 Å². The van der Waals surface area contributed by atoms with E-state index in [-0.39, 0.29) is 0 Å². The Morgan fingerprint density at radius 1 is 0.686 bits per heavy atom. The molecule has 0 unspecified atom stereocenters. The van der Waals surface area contributed by atoms with Crippen molar-refractivity contribution in [3.05, 3.63) is 203 Å². The highest BCUT2D eigenvalue weighted by molar-refractivity contribution is 5.92. The Bertz CT molecular complexity index is 2060. The molecule has 0 heteroatoms. The molecule has 0 aromatic heterocycles. The Hall–Kier alpha value is -5.20. The summed E-state index contributed by atoms with van der Waals surface area (Å²) in [5, 5.41) is 4.97. The number of benzene rings is 4. The van der Waals surface area contributed by atoms with E-state index in [0.717, 1.165) is 24.8 Å². The molecule has 0 N–H and O–H groups in total. The zero-order valence-corrected chi connectivity index (χ0v) is 32.4. The minimum absolute atomic E-state index is 0.770. The lowest BCUT2D eigenvalue weighted by atomic mass is 9.83. The summed E-state index contributed by atoms with van der Waals surface area (Å²) < 4.78 is 0. The molecule has 0 fully saturated rings. The fourth-order valence-electron chi connectivity index (χ4n) is 6.51. The van der Waals surface area contributed by atoms with E-state index in [1.807, 2.05) is 39.8 Å². The maximum absolute atomic E-state index is 4.18. The van der Waals surface area contributed by atoms with Crippen LogP contribution in [0.25, 0.3) is 32.7 Å². The van der Waals surface area contributed by atoms with Gasteiger partial charge in [-0.3, -0.25) is 0 Å². The third-order valence-corrected chi connectivity index (χ3v) is 8.94. The van der Waals surface area contributed by atoms with Crippen LogP contribution in [0.4, 0.5) is 0 Å². The van der Waals surface area contributed by atoms with Gasteiger partial charge in [-0.25, -0.2) is 0 Å². The van der Waals surface area contributed by atoms with Crippen LogP contribution >= 0.6 is 0 Å². The van der Waals surface area contributed by atoms with Gasteiger partial charge in [0, 0.05) is 0 Å². The molecule has 0 saturated carbocycles. The highest BCUT2D eigenvalue weighted by Crippen LogP contribution is 2.39. The van der Waals surface area contributed by atoms with Crippen molar-refractivity contribution in [2.75, 3.05) is 0 Å². The molecule has 4 aromatic carbocycles. The van der Waals surface area contributed by atoms with Crippen molar-refractivity contribution in [3.8, 4) is 0 Å². The number of hydrogen-bond donors (Lipinski definition) is 0. The molecule has 0 heterocycles. The molecule has 4 aromatic rings. The molecule has 0 aliphatic heterocycles. The Morgan fingerprint density at radius 3 is 1.73 bits per heavy atom. The molecule has 0 saturated heterocycles. The molecule has 0 bridgehead atoms. The van der Waals surface area contributed by atoms with Gasteiger partial charge in [0.1, 0.15) is 0 Å². The summed E-state index contributed by atoms with van der Waals surface area (Å²) in [4.78, 5) is 0. The normalized spacial score (nSPS) is 19.0. The van der Waals surface area contributed by atoms with Crippen LogP contribution < -0.4 is 0 Å². The van der Waals surface area contributed by atoms with Crippen LogP contribution in [-0.2, 0) is 0 Å². The van der Waals surface area contributed by atoms with E-state index in [2.05, 4.69) is 174 Å².